The minimum atomic E-state index is 0.360. The first-order chi connectivity index (χ1) is 9.47. The van der Waals surface area contributed by atoms with Crippen LogP contribution in [0.25, 0.3) is 0 Å². The minimum absolute atomic E-state index is 0.360. The Morgan fingerprint density at radius 1 is 1.25 bits per heavy atom. The molecule has 0 saturated carbocycles. The maximum atomic E-state index is 5.74. The third-order valence-electron chi connectivity index (χ3n) is 3.19. The van der Waals surface area contributed by atoms with Crippen LogP contribution in [-0.2, 0) is 6.54 Å². The van der Waals surface area contributed by atoms with Gasteiger partial charge in [-0.25, -0.2) is 4.98 Å². The van der Waals surface area contributed by atoms with Gasteiger partial charge in [0, 0.05) is 24.5 Å². The van der Waals surface area contributed by atoms with E-state index in [9.17, 15) is 0 Å². The number of hydrogen-bond acceptors (Lipinski definition) is 3. The molecule has 2 rings (SSSR count). The van der Waals surface area contributed by atoms with Gasteiger partial charge < -0.3 is 10.6 Å². The summed E-state index contributed by atoms with van der Waals surface area (Å²) >= 11 is 3.62. The number of halogens is 1. The summed E-state index contributed by atoms with van der Waals surface area (Å²) in [5.41, 5.74) is 8.90. The summed E-state index contributed by atoms with van der Waals surface area (Å²) < 4.78 is 1.03. The van der Waals surface area contributed by atoms with Crippen LogP contribution in [0.3, 0.4) is 0 Å². The van der Waals surface area contributed by atoms with Crippen molar-refractivity contribution in [3.63, 3.8) is 0 Å². The Bertz CT molecular complexity index is 579. The summed E-state index contributed by atoms with van der Waals surface area (Å²) in [6, 6.07) is 10.5. The van der Waals surface area contributed by atoms with Crippen LogP contribution < -0.4 is 10.6 Å². The molecule has 3 nitrogen and oxygen atoms in total. The monoisotopic (exact) mass is 333 g/mol. The van der Waals surface area contributed by atoms with Gasteiger partial charge in [0.15, 0.2) is 0 Å². The van der Waals surface area contributed by atoms with Crippen molar-refractivity contribution in [1.82, 2.24) is 4.98 Å². The highest BCUT2D eigenvalue weighted by molar-refractivity contribution is 9.10. The lowest BCUT2D eigenvalue weighted by Gasteiger charge is -2.29. The first-order valence-corrected chi connectivity index (χ1v) is 7.50. The molecule has 0 amide bonds. The molecule has 2 N–H and O–H groups in total. The van der Waals surface area contributed by atoms with Gasteiger partial charge in [-0.15, -0.1) is 0 Å². The molecule has 0 aliphatic rings. The van der Waals surface area contributed by atoms with Crippen molar-refractivity contribution >= 4 is 27.4 Å². The molecule has 0 spiro atoms. The van der Waals surface area contributed by atoms with Crippen LogP contribution in [0.2, 0.25) is 0 Å². The van der Waals surface area contributed by atoms with E-state index in [4.69, 9.17) is 5.73 Å². The van der Waals surface area contributed by atoms with Crippen molar-refractivity contribution in [1.29, 1.82) is 0 Å². The molecule has 0 fully saturated rings. The number of aromatic nitrogens is 1. The van der Waals surface area contributed by atoms with E-state index in [0.717, 1.165) is 28.1 Å². The third-order valence-corrected chi connectivity index (χ3v) is 3.77. The quantitative estimate of drug-likeness (QED) is 0.854. The van der Waals surface area contributed by atoms with E-state index in [0.29, 0.717) is 6.04 Å². The molecule has 0 bridgehead atoms. The van der Waals surface area contributed by atoms with Crippen molar-refractivity contribution in [3.8, 4) is 0 Å². The third kappa shape index (κ3) is 3.51. The van der Waals surface area contributed by atoms with Crippen molar-refractivity contribution in [2.45, 2.75) is 33.4 Å². The Morgan fingerprint density at radius 2 is 1.90 bits per heavy atom. The van der Waals surface area contributed by atoms with E-state index in [1.165, 1.54) is 5.56 Å². The highest BCUT2D eigenvalue weighted by Crippen LogP contribution is 2.27. The molecule has 20 heavy (non-hydrogen) atoms. The smallest absolute Gasteiger partial charge is 0.143 e. The highest BCUT2D eigenvalue weighted by Gasteiger charge is 2.15. The summed E-state index contributed by atoms with van der Waals surface area (Å²) in [7, 11) is 0. The average molecular weight is 334 g/mol. The lowest BCUT2D eigenvalue weighted by molar-refractivity contribution is 0.670. The van der Waals surface area contributed by atoms with Gasteiger partial charge in [-0.05, 0) is 66.0 Å². The van der Waals surface area contributed by atoms with Crippen molar-refractivity contribution in [2.75, 3.05) is 10.6 Å². The fraction of sp³-hybridized carbons (Fsp3) is 0.312. The van der Waals surface area contributed by atoms with E-state index >= 15 is 0 Å². The standard InChI is InChI=1S/C16H20BrN3/c1-11(2)20(10-13-4-6-14(18)7-5-13)16-15(17)8-12(3)9-19-16/h4-9,11H,10,18H2,1-3H3. The second-order valence-electron chi connectivity index (χ2n) is 5.28. The number of nitrogens with zero attached hydrogens (tertiary/aromatic N) is 2. The Hall–Kier alpha value is -1.55. The lowest BCUT2D eigenvalue weighted by Crippen LogP contribution is -2.31. The van der Waals surface area contributed by atoms with Gasteiger partial charge in [-0.2, -0.15) is 0 Å². The van der Waals surface area contributed by atoms with Crippen LogP contribution in [0.4, 0.5) is 11.5 Å². The first kappa shape index (κ1) is 14.9. The van der Waals surface area contributed by atoms with Gasteiger partial charge >= 0.3 is 0 Å². The van der Waals surface area contributed by atoms with E-state index in [2.05, 4.69) is 57.9 Å². The molecule has 0 aliphatic heterocycles. The normalized spacial score (nSPS) is 10.8. The van der Waals surface area contributed by atoms with Gasteiger partial charge in [-0.1, -0.05) is 12.1 Å². The number of aryl methyl sites for hydroxylation is 1. The first-order valence-electron chi connectivity index (χ1n) is 6.70. The fourth-order valence-electron chi connectivity index (χ4n) is 2.06. The van der Waals surface area contributed by atoms with Gasteiger partial charge in [0.2, 0.25) is 0 Å². The van der Waals surface area contributed by atoms with Crippen LogP contribution in [0.5, 0.6) is 0 Å². The zero-order valence-corrected chi connectivity index (χ0v) is 13.7. The molecule has 1 aromatic heterocycles. The van der Waals surface area contributed by atoms with E-state index in [1.54, 1.807) is 0 Å². The Morgan fingerprint density at radius 3 is 2.45 bits per heavy atom. The Labute approximate surface area is 129 Å². The molecule has 106 valence electrons. The van der Waals surface area contributed by atoms with Crippen LogP contribution in [-0.4, -0.2) is 11.0 Å². The fourth-order valence-corrected chi connectivity index (χ4v) is 2.75. The van der Waals surface area contributed by atoms with E-state index in [-0.39, 0.29) is 0 Å². The van der Waals surface area contributed by atoms with Crippen LogP contribution in [0.1, 0.15) is 25.0 Å². The lowest BCUT2D eigenvalue weighted by atomic mass is 10.1. The van der Waals surface area contributed by atoms with Crippen LogP contribution in [0, 0.1) is 6.92 Å². The van der Waals surface area contributed by atoms with Gasteiger partial charge in [-0.3, -0.25) is 0 Å². The molecule has 0 atom stereocenters. The number of benzene rings is 1. The molecule has 2 aromatic rings. The average Bonchev–Trinajstić information content (AvgIpc) is 2.39. The second-order valence-corrected chi connectivity index (χ2v) is 6.14. The molecule has 1 aromatic carbocycles. The summed E-state index contributed by atoms with van der Waals surface area (Å²) in [6.07, 6.45) is 1.90. The molecule has 4 heteroatoms. The van der Waals surface area contributed by atoms with Crippen LogP contribution >= 0.6 is 15.9 Å². The number of hydrogen-bond donors (Lipinski definition) is 1. The minimum Gasteiger partial charge on any atom is -0.399 e. The zero-order valence-electron chi connectivity index (χ0n) is 12.1. The summed E-state index contributed by atoms with van der Waals surface area (Å²) in [6.45, 7) is 7.20. The SMILES string of the molecule is Cc1cnc(N(Cc2ccc(N)cc2)C(C)C)c(Br)c1. The highest BCUT2D eigenvalue weighted by atomic mass is 79.9. The maximum Gasteiger partial charge on any atom is 0.143 e. The van der Waals surface area contributed by atoms with E-state index in [1.807, 2.05) is 25.3 Å². The summed E-state index contributed by atoms with van der Waals surface area (Å²) in [5, 5.41) is 0. The Kier molecular flexibility index (Phi) is 4.65. The number of anilines is 2. The molecule has 0 aliphatic carbocycles. The molecule has 0 radical (unpaired) electrons. The van der Waals surface area contributed by atoms with Gasteiger partial charge in [0.25, 0.3) is 0 Å². The summed E-state index contributed by atoms with van der Waals surface area (Å²) in [5.74, 6) is 0.974. The van der Waals surface area contributed by atoms with Crippen LogP contribution in [0.15, 0.2) is 41.0 Å². The zero-order chi connectivity index (χ0) is 14.7. The maximum absolute atomic E-state index is 5.74. The van der Waals surface area contributed by atoms with E-state index < -0.39 is 0 Å². The largest absolute Gasteiger partial charge is 0.399 e. The van der Waals surface area contributed by atoms with Crippen molar-refractivity contribution in [3.05, 3.63) is 52.1 Å². The number of nitrogens with two attached hydrogens (primary N) is 1. The topological polar surface area (TPSA) is 42.2 Å². The molecular weight excluding hydrogens is 314 g/mol. The molecular formula is C16H20BrN3. The Balaban J connectivity index is 2.29. The van der Waals surface area contributed by atoms with Crippen molar-refractivity contribution < 1.29 is 0 Å². The van der Waals surface area contributed by atoms with Gasteiger partial charge in [0.05, 0.1) is 4.47 Å². The predicted octanol–water partition coefficient (Wildman–Crippen LogP) is 4.15. The number of nitrogen functional groups attached to an aromatic ring is 1. The molecule has 1 heterocycles. The second kappa shape index (κ2) is 6.27. The molecule has 0 unspecified atom stereocenters. The number of rotatable bonds is 4. The molecule has 0 saturated heterocycles. The van der Waals surface area contributed by atoms with Gasteiger partial charge in [0.1, 0.15) is 5.82 Å². The number of pyridine rings is 1. The summed E-state index contributed by atoms with van der Waals surface area (Å²) in [4.78, 5) is 6.84. The predicted molar refractivity (Wildman–Crippen MR) is 88.8 cm³/mol. The van der Waals surface area contributed by atoms with Crippen molar-refractivity contribution in [2.24, 2.45) is 0 Å².